The van der Waals surface area contributed by atoms with Gasteiger partial charge >= 0.3 is 5.97 Å². The van der Waals surface area contributed by atoms with E-state index < -0.39 is 4.92 Å². The molecule has 2 aromatic rings. The van der Waals surface area contributed by atoms with E-state index in [1.54, 1.807) is 6.07 Å². The number of ether oxygens (including phenoxy) is 1. The highest BCUT2D eigenvalue weighted by molar-refractivity contribution is 6.33. The molecule has 0 spiro atoms. The van der Waals surface area contributed by atoms with Crippen LogP contribution < -0.4 is 4.90 Å². The number of carbonyl (C=O) groups is 1. The van der Waals surface area contributed by atoms with Crippen molar-refractivity contribution in [2.24, 2.45) is 0 Å². The van der Waals surface area contributed by atoms with E-state index in [0.717, 1.165) is 57.5 Å². The second-order valence-electron chi connectivity index (χ2n) is 9.30. The highest BCUT2D eigenvalue weighted by Crippen LogP contribution is 2.31. The first-order chi connectivity index (χ1) is 17.3. The lowest BCUT2D eigenvalue weighted by Crippen LogP contribution is -2.58. The molecule has 0 radical (unpaired) electrons. The molecule has 0 unspecified atom stereocenters. The zero-order chi connectivity index (χ0) is 25.8. The van der Waals surface area contributed by atoms with Gasteiger partial charge in [0.05, 0.1) is 22.6 Å². The van der Waals surface area contributed by atoms with E-state index >= 15 is 0 Å². The maximum atomic E-state index is 12.2. The average Bonchev–Trinajstić information content (AvgIpc) is 2.89. The molecule has 36 heavy (non-hydrogen) atoms. The fourth-order valence-corrected chi connectivity index (χ4v) is 5.75. The van der Waals surface area contributed by atoms with Crippen LogP contribution in [0, 0.1) is 10.1 Å². The number of methoxy groups -OCH3 is 1. The number of hydrogen-bond acceptors (Lipinski definition) is 8. The van der Waals surface area contributed by atoms with Crippen LogP contribution in [-0.2, 0) is 11.3 Å². The van der Waals surface area contributed by atoms with Crippen LogP contribution in [0.5, 0.6) is 0 Å². The molecule has 9 nitrogen and oxygen atoms in total. The van der Waals surface area contributed by atoms with Gasteiger partial charge < -0.3 is 9.64 Å². The van der Waals surface area contributed by atoms with Crippen molar-refractivity contribution < 1.29 is 14.5 Å². The van der Waals surface area contributed by atoms with E-state index in [2.05, 4.69) is 26.6 Å². The summed E-state index contributed by atoms with van der Waals surface area (Å²) in [5.74, 6) is 0.244. The lowest BCUT2D eigenvalue weighted by Gasteiger charge is -2.47. The Balaban J connectivity index is 1.36. The molecule has 11 heteroatoms. The van der Waals surface area contributed by atoms with Crippen molar-refractivity contribution >= 4 is 40.7 Å². The molecular weight excluding hydrogens is 505 g/mol. The quantitative estimate of drug-likeness (QED) is 0.287. The van der Waals surface area contributed by atoms with Crippen molar-refractivity contribution in [1.82, 2.24) is 14.8 Å². The molecule has 0 saturated carbocycles. The molecule has 0 amide bonds. The molecule has 0 N–H and O–H groups in total. The lowest BCUT2D eigenvalue weighted by atomic mass is 9.97. The zero-order valence-electron chi connectivity index (χ0n) is 20.5. The molecule has 3 heterocycles. The molecule has 1 atom stereocenters. The van der Waals surface area contributed by atoms with Gasteiger partial charge in [0.1, 0.15) is 12.0 Å². The van der Waals surface area contributed by atoms with Crippen molar-refractivity contribution in [3.05, 3.63) is 61.7 Å². The van der Waals surface area contributed by atoms with Gasteiger partial charge in [0.15, 0.2) is 0 Å². The van der Waals surface area contributed by atoms with Crippen molar-refractivity contribution in [3.8, 4) is 0 Å². The number of nitro groups is 1. The Hall–Kier alpha value is -2.46. The number of piperazine rings is 1. The predicted molar refractivity (Wildman–Crippen MR) is 140 cm³/mol. The van der Waals surface area contributed by atoms with Gasteiger partial charge in [-0.05, 0) is 50.0 Å². The fourth-order valence-electron chi connectivity index (χ4n) is 5.30. The number of anilines is 1. The fraction of sp³-hybridized carbons (Fsp3) is 0.520. The van der Waals surface area contributed by atoms with E-state index in [4.69, 9.17) is 27.9 Å². The van der Waals surface area contributed by atoms with Gasteiger partial charge in [-0.3, -0.25) is 19.9 Å². The highest BCUT2D eigenvalue weighted by Gasteiger charge is 2.34. The number of aromatic nitrogens is 1. The lowest BCUT2D eigenvalue weighted by molar-refractivity contribution is -0.385. The van der Waals surface area contributed by atoms with Crippen LogP contribution in [0.2, 0.25) is 10.0 Å². The maximum absolute atomic E-state index is 12.2. The van der Waals surface area contributed by atoms with E-state index in [-0.39, 0.29) is 11.7 Å². The van der Waals surface area contributed by atoms with E-state index in [1.807, 2.05) is 12.1 Å². The Morgan fingerprint density at radius 3 is 2.58 bits per heavy atom. The van der Waals surface area contributed by atoms with Gasteiger partial charge in [0, 0.05) is 49.4 Å². The summed E-state index contributed by atoms with van der Waals surface area (Å²) in [4.78, 5) is 34.2. The minimum atomic E-state index is -0.481. The zero-order valence-corrected chi connectivity index (χ0v) is 22.0. The van der Waals surface area contributed by atoms with Gasteiger partial charge in [0.25, 0.3) is 5.69 Å². The van der Waals surface area contributed by atoms with Crippen molar-refractivity contribution in [1.29, 1.82) is 0 Å². The number of nitrogens with zero attached hydrogens (tertiary/aromatic N) is 5. The second-order valence-corrected chi connectivity index (χ2v) is 10.1. The third-order valence-electron chi connectivity index (χ3n) is 7.21. The molecule has 2 aliphatic rings. The van der Waals surface area contributed by atoms with Crippen LogP contribution >= 0.6 is 23.2 Å². The van der Waals surface area contributed by atoms with Crippen LogP contribution in [0.25, 0.3) is 0 Å². The first-order valence-electron chi connectivity index (χ1n) is 12.2. The standard InChI is InChI=1S/C25H31Cl2N5O4/c1-3-19-16-30(24-23(27)13-21(14-28-24)32(34)35)10-11-31(19)20-6-8-29(9-7-20)15-17-4-5-18(26)12-22(17)25(33)36-2/h4-5,12-14,19-20H,3,6-11,15-16H2,1-2H3/t19-/m0/s1. The maximum Gasteiger partial charge on any atom is 0.338 e. The summed E-state index contributed by atoms with van der Waals surface area (Å²) >= 11 is 12.5. The predicted octanol–water partition coefficient (Wildman–Crippen LogP) is 4.65. The van der Waals surface area contributed by atoms with Crippen LogP contribution in [0.3, 0.4) is 0 Å². The SMILES string of the molecule is CC[C@H]1CN(c2ncc([N+](=O)[O-])cc2Cl)CCN1C1CCN(Cc2ccc(Cl)cc2C(=O)OC)CC1. The number of likely N-dealkylation sites (tertiary alicyclic amines) is 1. The molecule has 0 aliphatic carbocycles. The highest BCUT2D eigenvalue weighted by atomic mass is 35.5. The average molecular weight is 536 g/mol. The molecule has 0 bridgehead atoms. The normalized spacial score (nSPS) is 19.9. The first-order valence-corrected chi connectivity index (χ1v) is 13.0. The molecule has 2 saturated heterocycles. The monoisotopic (exact) mass is 535 g/mol. The number of benzene rings is 1. The Kier molecular flexibility index (Phi) is 8.66. The number of esters is 1. The minimum absolute atomic E-state index is 0.0986. The summed E-state index contributed by atoms with van der Waals surface area (Å²) in [5, 5.41) is 11.8. The van der Waals surface area contributed by atoms with Crippen molar-refractivity contribution in [3.63, 3.8) is 0 Å². The summed E-state index contributed by atoms with van der Waals surface area (Å²) in [5.41, 5.74) is 1.35. The van der Waals surface area contributed by atoms with E-state index in [9.17, 15) is 14.9 Å². The summed E-state index contributed by atoms with van der Waals surface area (Å²) in [6.45, 7) is 7.21. The molecule has 1 aromatic heterocycles. The first kappa shape index (κ1) is 26.6. The van der Waals surface area contributed by atoms with E-state index in [1.165, 1.54) is 19.4 Å². The van der Waals surface area contributed by atoms with Crippen LogP contribution in [0.1, 0.15) is 42.1 Å². The number of halogens is 2. The molecule has 2 aliphatic heterocycles. The molecule has 1 aromatic carbocycles. The Morgan fingerprint density at radius 2 is 1.94 bits per heavy atom. The summed E-state index contributed by atoms with van der Waals surface area (Å²) in [6, 6.07) is 7.61. The molecular formula is C25H31Cl2N5O4. The Bertz CT molecular complexity index is 1110. The third-order valence-corrected chi connectivity index (χ3v) is 7.73. The van der Waals surface area contributed by atoms with Crippen molar-refractivity contribution in [2.75, 3.05) is 44.7 Å². The number of hydrogen-bond donors (Lipinski definition) is 0. The second kappa shape index (κ2) is 11.7. The minimum Gasteiger partial charge on any atom is -0.465 e. The molecule has 194 valence electrons. The van der Waals surface area contributed by atoms with Gasteiger partial charge in [-0.2, -0.15) is 0 Å². The topological polar surface area (TPSA) is 92.0 Å². The van der Waals surface area contributed by atoms with Crippen LogP contribution in [0.4, 0.5) is 11.5 Å². The number of pyridine rings is 1. The van der Waals surface area contributed by atoms with Gasteiger partial charge in [-0.1, -0.05) is 36.2 Å². The van der Waals surface area contributed by atoms with Crippen LogP contribution in [-0.4, -0.2) is 77.6 Å². The smallest absolute Gasteiger partial charge is 0.338 e. The summed E-state index contributed by atoms with van der Waals surface area (Å²) in [6.07, 6.45) is 4.37. The van der Waals surface area contributed by atoms with Crippen molar-refractivity contribution in [2.45, 2.75) is 44.8 Å². The van der Waals surface area contributed by atoms with Gasteiger partial charge in [0.2, 0.25) is 0 Å². The van der Waals surface area contributed by atoms with Gasteiger partial charge in [-0.25, -0.2) is 9.78 Å². The number of piperidine rings is 1. The number of carbonyl (C=O) groups excluding carboxylic acids is 1. The number of rotatable bonds is 7. The molecule has 2 fully saturated rings. The Labute approximate surface area is 221 Å². The van der Waals surface area contributed by atoms with Crippen LogP contribution in [0.15, 0.2) is 30.5 Å². The largest absolute Gasteiger partial charge is 0.465 e. The third kappa shape index (κ3) is 5.91. The van der Waals surface area contributed by atoms with Gasteiger partial charge in [-0.15, -0.1) is 0 Å². The molecule has 4 rings (SSSR count). The Morgan fingerprint density at radius 1 is 1.19 bits per heavy atom. The van der Waals surface area contributed by atoms with E-state index in [0.29, 0.717) is 40.1 Å². The summed E-state index contributed by atoms with van der Waals surface area (Å²) in [7, 11) is 1.38. The summed E-state index contributed by atoms with van der Waals surface area (Å²) < 4.78 is 4.94.